The second kappa shape index (κ2) is 8.14. The Hall–Kier alpha value is -1.80. The fourth-order valence-electron chi connectivity index (χ4n) is 3.64. The Kier molecular flexibility index (Phi) is 6.15. The number of carbonyl (C=O) groups excluding carboxylic acids is 1. The van der Waals surface area contributed by atoms with Gasteiger partial charge in [0.2, 0.25) is 10.0 Å². The Bertz CT molecular complexity index is 1040. The molecule has 0 spiro atoms. The van der Waals surface area contributed by atoms with Gasteiger partial charge in [-0.3, -0.25) is 4.31 Å². The predicted molar refractivity (Wildman–Crippen MR) is 113 cm³/mol. The zero-order valence-electron chi connectivity index (χ0n) is 15.9. The van der Waals surface area contributed by atoms with E-state index in [1.165, 1.54) is 18.2 Å². The van der Waals surface area contributed by atoms with Gasteiger partial charge < -0.3 is 9.84 Å². The van der Waals surface area contributed by atoms with Crippen molar-refractivity contribution in [3.8, 4) is 0 Å². The summed E-state index contributed by atoms with van der Waals surface area (Å²) in [6.07, 6.45) is 1.05. The number of unbranched alkanes of at least 4 members (excludes halogenated alkanes) is 1. The lowest BCUT2D eigenvalue weighted by atomic mass is 9.82. The SMILES string of the molecule is CCCCS(=O)(=O)N1c2ccc(Cl)cc2C(O)(c2ccccc2Cl)C1C(=O)OC. The molecular weight excluding hydrogens is 437 g/mol. The molecule has 0 radical (unpaired) electrons. The maximum Gasteiger partial charge on any atom is 0.333 e. The average Bonchev–Trinajstić information content (AvgIpc) is 2.96. The molecule has 3 rings (SSSR count). The Labute approximate surface area is 180 Å². The number of halogens is 2. The number of hydrogen-bond donors (Lipinski definition) is 1. The smallest absolute Gasteiger partial charge is 0.333 e. The van der Waals surface area contributed by atoms with E-state index in [1.807, 2.05) is 6.92 Å². The van der Waals surface area contributed by atoms with E-state index in [1.54, 1.807) is 24.3 Å². The average molecular weight is 458 g/mol. The Morgan fingerprint density at radius 3 is 2.52 bits per heavy atom. The van der Waals surface area contributed by atoms with Gasteiger partial charge in [0, 0.05) is 21.2 Å². The number of fused-ring (bicyclic) bond motifs is 1. The van der Waals surface area contributed by atoms with Gasteiger partial charge in [0.1, 0.15) is 0 Å². The molecule has 2 atom stereocenters. The highest BCUT2D eigenvalue weighted by molar-refractivity contribution is 7.92. The summed E-state index contributed by atoms with van der Waals surface area (Å²) < 4.78 is 32.3. The van der Waals surface area contributed by atoms with Gasteiger partial charge in [0.15, 0.2) is 11.6 Å². The quantitative estimate of drug-likeness (QED) is 0.668. The summed E-state index contributed by atoms with van der Waals surface area (Å²) in [7, 11) is -2.82. The number of nitrogens with zero attached hydrogens (tertiary/aromatic N) is 1. The van der Waals surface area contributed by atoms with E-state index in [-0.39, 0.29) is 32.6 Å². The number of rotatable bonds is 6. The largest absolute Gasteiger partial charge is 0.467 e. The van der Waals surface area contributed by atoms with E-state index in [9.17, 15) is 18.3 Å². The summed E-state index contributed by atoms with van der Waals surface area (Å²) in [5.41, 5.74) is -1.55. The normalized spacial score (nSPS) is 21.1. The van der Waals surface area contributed by atoms with Gasteiger partial charge in [0.05, 0.1) is 18.6 Å². The van der Waals surface area contributed by atoms with Gasteiger partial charge in [-0.05, 0) is 30.7 Å². The van der Waals surface area contributed by atoms with Crippen molar-refractivity contribution in [3.63, 3.8) is 0 Å². The van der Waals surface area contributed by atoms with Crippen LogP contribution in [0.25, 0.3) is 0 Å². The van der Waals surface area contributed by atoms with E-state index in [4.69, 9.17) is 27.9 Å². The van der Waals surface area contributed by atoms with Crippen LogP contribution in [0.2, 0.25) is 10.0 Å². The molecule has 0 saturated heterocycles. The monoisotopic (exact) mass is 457 g/mol. The minimum atomic E-state index is -3.96. The molecule has 6 nitrogen and oxygen atoms in total. The summed E-state index contributed by atoms with van der Waals surface area (Å²) in [6.45, 7) is 1.87. The lowest BCUT2D eigenvalue weighted by molar-refractivity contribution is -0.146. The van der Waals surface area contributed by atoms with Gasteiger partial charge in [-0.2, -0.15) is 0 Å². The zero-order valence-corrected chi connectivity index (χ0v) is 18.3. The lowest BCUT2D eigenvalue weighted by Gasteiger charge is -2.33. The molecule has 1 aliphatic heterocycles. The van der Waals surface area contributed by atoms with Crippen LogP contribution >= 0.6 is 23.2 Å². The van der Waals surface area contributed by atoms with E-state index in [0.717, 1.165) is 11.4 Å². The molecule has 156 valence electrons. The molecule has 2 aromatic rings. The minimum Gasteiger partial charge on any atom is -0.467 e. The van der Waals surface area contributed by atoms with Crippen LogP contribution in [-0.2, 0) is 25.2 Å². The fraction of sp³-hybridized carbons (Fsp3) is 0.350. The van der Waals surface area contributed by atoms with Crippen LogP contribution in [0.4, 0.5) is 5.69 Å². The maximum atomic E-state index is 13.2. The van der Waals surface area contributed by atoms with Crippen molar-refractivity contribution < 1.29 is 23.1 Å². The zero-order chi connectivity index (χ0) is 21.4. The van der Waals surface area contributed by atoms with Crippen molar-refractivity contribution in [2.24, 2.45) is 0 Å². The lowest BCUT2D eigenvalue weighted by Crippen LogP contribution is -2.54. The van der Waals surface area contributed by atoms with Crippen LogP contribution in [0.15, 0.2) is 42.5 Å². The highest BCUT2D eigenvalue weighted by atomic mass is 35.5. The number of aliphatic hydroxyl groups is 1. The number of benzene rings is 2. The van der Waals surface area contributed by atoms with Crippen molar-refractivity contribution in [2.75, 3.05) is 17.2 Å². The third-order valence-corrected chi connectivity index (χ3v) is 7.38. The van der Waals surface area contributed by atoms with Gasteiger partial charge >= 0.3 is 5.97 Å². The van der Waals surface area contributed by atoms with Crippen LogP contribution in [-0.4, -0.2) is 38.4 Å². The van der Waals surface area contributed by atoms with E-state index < -0.39 is 27.6 Å². The van der Waals surface area contributed by atoms with E-state index >= 15 is 0 Å². The predicted octanol–water partition coefficient (Wildman–Crippen LogP) is 3.72. The summed E-state index contributed by atoms with van der Waals surface area (Å²) in [4.78, 5) is 12.8. The van der Waals surface area contributed by atoms with Crippen molar-refractivity contribution >= 4 is 44.9 Å². The number of anilines is 1. The minimum absolute atomic E-state index is 0.170. The number of ether oxygens (including phenoxy) is 1. The first-order chi connectivity index (χ1) is 13.7. The van der Waals surface area contributed by atoms with Crippen molar-refractivity contribution in [2.45, 2.75) is 31.4 Å². The topological polar surface area (TPSA) is 83.9 Å². The second-order valence-electron chi connectivity index (χ2n) is 6.80. The molecule has 1 N–H and O–H groups in total. The van der Waals surface area contributed by atoms with Gasteiger partial charge in [-0.15, -0.1) is 0 Å². The number of sulfonamides is 1. The molecule has 0 amide bonds. The number of esters is 1. The van der Waals surface area contributed by atoms with Crippen LogP contribution in [0.5, 0.6) is 0 Å². The fourth-order valence-corrected chi connectivity index (χ4v) is 5.96. The maximum absolute atomic E-state index is 13.2. The first kappa shape index (κ1) is 21.9. The highest BCUT2D eigenvalue weighted by Gasteiger charge is 2.59. The summed E-state index contributed by atoms with van der Waals surface area (Å²) in [5, 5.41) is 12.4. The van der Waals surface area contributed by atoms with Crippen LogP contribution in [0, 0.1) is 0 Å². The van der Waals surface area contributed by atoms with E-state index in [0.29, 0.717) is 12.8 Å². The number of methoxy groups -OCH3 is 1. The van der Waals surface area contributed by atoms with Crippen LogP contribution in [0.3, 0.4) is 0 Å². The molecule has 9 heteroatoms. The summed E-state index contributed by atoms with van der Waals surface area (Å²) in [6, 6.07) is 9.28. The molecule has 0 saturated carbocycles. The van der Waals surface area contributed by atoms with Crippen LogP contribution < -0.4 is 4.31 Å². The molecule has 29 heavy (non-hydrogen) atoms. The molecule has 1 aliphatic rings. The van der Waals surface area contributed by atoms with Crippen molar-refractivity contribution in [1.82, 2.24) is 0 Å². The first-order valence-corrected chi connectivity index (χ1v) is 11.4. The molecule has 0 bridgehead atoms. The standard InChI is InChI=1S/C20H21Cl2NO5S/c1-3-4-11-29(26,27)23-17-10-9-13(21)12-15(17)20(25,18(23)19(24)28-2)14-7-5-6-8-16(14)22/h5-10,12,18,25H,3-4,11H2,1-2H3. The summed E-state index contributed by atoms with van der Waals surface area (Å²) >= 11 is 12.5. The number of hydrogen-bond acceptors (Lipinski definition) is 5. The third kappa shape index (κ3) is 3.61. The molecular formula is C20H21Cl2NO5S. The molecule has 2 aromatic carbocycles. The van der Waals surface area contributed by atoms with Crippen molar-refractivity contribution in [3.05, 3.63) is 63.6 Å². The molecule has 2 unspecified atom stereocenters. The molecule has 0 aromatic heterocycles. The summed E-state index contributed by atoms with van der Waals surface area (Å²) in [5.74, 6) is -1.09. The second-order valence-corrected chi connectivity index (χ2v) is 9.61. The Balaban J connectivity index is 2.35. The van der Waals surface area contributed by atoms with Gasteiger partial charge in [-0.25, -0.2) is 13.2 Å². The molecule has 0 aliphatic carbocycles. The third-order valence-electron chi connectivity index (χ3n) is 5.00. The molecule has 0 fully saturated rings. The number of carbonyl (C=O) groups is 1. The Morgan fingerprint density at radius 1 is 1.21 bits per heavy atom. The first-order valence-electron chi connectivity index (χ1n) is 9.05. The van der Waals surface area contributed by atoms with E-state index in [2.05, 4.69) is 0 Å². The van der Waals surface area contributed by atoms with Crippen molar-refractivity contribution in [1.29, 1.82) is 0 Å². The highest BCUT2D eigenvalue weighted by Crippen LogP contribution is 2.51. The van der Waals surface area contributed by atoms with Gasteiger partial charge in [0.25, 0.3) is 0 Å². The van der Waals surface area contributed by atoms with Gasteiger partial charge in [-0.1, -0.05) is 54.7 Å². The van der Waals surface area contributed by atoms with Crippen LogP contribution in [0.1, 0.15) is 30.9 Å². The Morgan fingerprint density at radius 2 is 1.90 bits per heavy atom. The molecule has 1 heterocycles.